The van der Waals surface area contributed by atoms with Crippen molar-refractivity contribution >= 4 is 0 Å². The van der Waals surface area contributed by atoms with Gasteiger partial charge >= 0.3 is 0 Å². The van der Waals surface area contributed by atoms with Crippen molar-refractivity contribution in [1.82, 2.24) is 0 Å². The molecule has 1 aromatic rings. The molecule has 0 aliphatic carbocycles. The highest BCUT2D eigenvalue weighted by Crippen LogP contribution is 2.16. The molecular formula is C16H26O2. The highest BCUT2D eigenvalue weighted by atomic mass is 16.5. The quantitative estimate of drug-likeness (QED) is 0.640. The number of benzene rings is 1. The van der Waals surface area contributed by atoms with Gasteiger partial charge in [-0.15, -0.1) is 0 Å². The van der Waals surface area contributed by atoms with Crippen molar-refractivity contribution in [2.45, 2.75) is 52.4 Å². The van der Waals surface area contributed by atoms with E-state index < -0.39 is 0 Å². The Bertz CT molecular complexity index is 303. The zero-order valence-corrected chi connectivity index (χ0v) is 11.7. The number of phenolic OH excluding ortho intramolecular Hbond substituents is 1. The second-order valence-electron chi connectivity index (χ2n) is 5.29. The molecule has 0 atom stereocenters. The van der Waals surface area contributed by atoms with E-state index in [4.69, 9.17) is 9.84 Å². The number of hydrogen-bond donors (Lipinski definition) is 1. The summed E-state index contributed by atoms with van der Waals surface area (Å²) in [7, 11) is 0. The Labute approximate surface area is 111 Å². The number of unbranched alkanes of at least 4 members (excludes halogenated alkanes) is 4. The van der Waals surface area contributed by atoms with Gasteiger partial charge in [0.25, 0.3) is 0 Å². The lowest BCUT2D eigenvalue weighted by Gasteiger charge is -2.06. The van der Waals surface area contributed by atoms with Crippen LogP contribution in [0.1, 0.15) is 52.4 Å². The number of phenols is 1. The van der Waals surface area contributed by atoms with Crippen molar-refractivity contribution in [2.24, 2.45) is 5.92 Å². The van der Waals surface area contributed by atoms with Gasteiger partial charge in [-0.2, -0.15) is 0 Å². The molecule has 0 aliphatic rings. The molecule has 1 aromatic carbocycles. The van der Waals surface area contributed by atoms with Gasteiger partial charge in [0, 0.05) is 0 Å². The molecule has 0 saturated heterocycles. The fourth-order valence-electron chi connectivity index (χ4n) is 1.92. The molecule has 0 aromatic heterocycles. The molecule has 1 N–H and O–H groups in total. The fourth-order valence-corrected chi connectivity index (χ4v) is 1.92. The highest BCUT2D eigenvalue weighted by Gasteiger charge is 1.96. The predicted octanol–water partition coefficient (Wildman–Crippen LogP) is 4.77. The van der Waals surface area contributed by atoms with Crippen molar-refractivity contribution < 1.29 is 9.84 Å². The van der Waals surface area contributed by atoms with Crippen LogP contribution in [-0.2, 0) is 0 Å². The Hall–Kier alpha value is -1.18. The molecule has 0 heterocycles. The molecule has 0 spiro atoms. The van der Waals surface area contributed by atoms with Gasteiger partial charge in [0.2, 0.25) is 0 Å². The van der Waals surface area contributed by atoms with Gasteiger partial charge in [-0.25, -0.2) is 0 Å². The normalized spacial score (nSPS) is 10.8. The summed E-state index contributed by atoms with van der Waals surface area (Å²) in [6.07, 6.45) is 7.72. The minimum Gasteiger partial charge on any atom is -0.508 e. The minimum absolute atomic E-state index is 0.285. The van der Waals surface area contributed by atoms with Crippen LogP contribution >= 0.6 is 0 Å². The molecule has 0 saturated carbocycles. The van der Waals surface area contributed by atoms with Crippen LogP contribution in [0.3, 0.4) is 0 Å². The first-order valence-electron chi connectivity index (χ1n) is 7.10. The van der Waals surface area contributed by atoms with E-state index in [9.17, 15) is 0 Å². The zero-order chi connectivity index (χ0) is 13.2. The van der Waals surface area contributed by atoms with Crippen LogP contribution in [0.25, 0.3) is 0 Å². The van der Waals surface area contributed by atoms with Crippen LogP contribution in [0.2, 0.25) is 0 Å². The second-order valence-corrected chi connectivity index (χ2v) is 5.29. The van der Waals surface area contributed by atoms with Gasteiger partial charge in [0.15, 0.2) is 0 Å². The highest BCUT2D eigenvalue weighted by molar-refractivity contribution is 5.29. The Kier molecular flexibility index (Phi) is 7.31. The molecule has 0 amide bonds. The predicted molar refractivity (Wildman–Crippen MR) is 76.1 cm³/mol. The lowest BCUT2D eigenvalue weighted by molar-refractivity contribution is 0.303. The number of rotatable bonds is 9. The topological polar surface area (TPSA) is 29.5 Å². The number of hydrogen-bond acceptors (Lipinski definition) is 2. The Morgan fingerprint density at radius 3 is 2.22 bits per heavy atom. The molecule has 102 valence electrons. The van der Waals surface area contributed by atoms with E-state index in [1.54, 1.807) is 24.3 Å². The smallest absolute Gasteiger partial charge is 0.119 e. The van der Waals surface area contributed by atoms with E-state index in [1.807, 2.05) is 0 Å². The van der Waals surface area contributed by atoms with Crippen LogP contribution in [0.15, 0.2) is 24.3 Å². The molecule has 1 rings (SSSR count). The Morgan fingerprint density at radius 1 is 0.944 bits per heavy atom. The maximum Gasteiger partial charge on any atom is 0.119 e. The van der Waals surface area contributed by atoms with Gasteiger partial charge in [0.05, 0.1) is 6.61 Å². The van der Waals surface area contributed by atoms with E-state index in [-0.39, 0.29) is 5.75 Å². The number of ether oxygens (including phenoxy) is 1. The molecule has 2 heteroatoms. The molecular weight excluding hydrogens is 224 g/mol. The Morgan fingerprint density at radius 2 is 1.56 bits per heavy atom. The summed E-state index contributed by atoms with van der Waals surface area (Å²) in [4.78, 5) is 0. The molecule has 0 unspecified atom stereocenters. The molecule has 2 nitrogen and oxygen atoms in total. The third-order valence-electron chi connectivity index (χ3n) is 3.03. The average molecular weight is 250 g/mol. The van der Waals surface area contributed by atoms with E-state index in [0.29, 0.717) is 0 Å². The molecule has 0 aliphatic heterocycles. The monoisotopic (exact) mass is 250 g/mol. The first kappa shape index (κ1) is 14.9. The number of aromatic hydroxyl groups is 1. The minimum atomic E-state index is 0.285. The SMILES string of the molecule is CC(C)CCCCCCCOc1ccc(O)cc1. The third kappa shape index (κ3) is 7.21. The fraction of sp³-hybridized carbons (Fsp3) is 0.625. The van der Waals surface area contributed by atoms with Crippen molar-refractivity contribution in [3.8, 4) is 11.5 Å². The first-order chi connectivity index (χ1) is 8.68. The second kappa shape index (κ2) is 8.84. The van der Waals surface area contributed by atoms with Crippen molar-refractivity contribution in [3.05, 3.63) is 24.3 Å². The van der Waals surface area contributed by atoms with E-state index in [1.165, 1.54) is 32.1 Å². The molecule has 18 heavy (non-hydrogen) atoms. The lowest BCUT2D eigenvalue weighted by atomic mass is 10.0. The summed E-state index contributed by atoms with van der Waals surface area (Å²) in [5, 5.41) is 9.13. The summed E-state index contributed by atoms with van der Waals surface area (Å²) in [6, 6.07) is 6.92. The van der Waals surface area contributed by atoms with Crippen molar-refractivity contribution in [3.63, 3.8) is 0 Å². The standard InChI is InChI=1S/C16H26O2/c1-14(2)8-6-4-3-5-7-13-18-16-11-9-15(17)10-12-16/h9-12,14,17H,3-8,13H2,1-2H3. The van der Waals surface area contributed by atoms with Gasteiger partial charge in [-0.05, 0) is 36.6 Å². The summed E-state index contributed by atoms with van der Waals surface area (Å²) in [6.45, 7) is 5.34. The van der Waals surface area contributed by atoms with Gasteiger partial charge in [-0.3, -0.25) is 0 Å². The van der Waals surface area contributed by atoms with Gasteiger partial charge in [0.1, 0.15) is 11.5 Å². The van der Waals surface area contributed by atoms with Crippen molar-refractivity contribution in [1.29, 1.82) is 0 Å². The maximum absolute atomic E-state index is 9.13. The van der Waals surface area contributed by atoms with Gasteiger partial charge < -0.3 is 9.84 Å². The van der Waals surface area contributed by atoms with E-state index in [0.717, 1.165) is 24.7 Å². The molecule has 0 bridgehead atoms. The summed E-state index contributed by atoms with van der Waals surface area (Å²) < 4.78 is 5.59. The molecule has 0 fully saturated rings. The van der Waals surface area contributed by atoms with Crippen LogP contribution in [0.5, 0.6) is 11.5 Å². The van der Waals surface area contributed by atoms with Crippen molar-refractivity contribution in [2.75, 3.05) is 6.61 Å². The zero-order valence-electron chi connectivity index (χ0n) is 11.7. The van der Waals surface area contributed by atoms with Crippen LogP contribution < -0.4 is 4.74 Å². The summed E-state index contributed by atoms with van der Waals surface area (Å²) >= 11 is 0. The average Bonchev–Trinajstić information content (AvgIpc) is 2.34. The first-order valence-corrected chi connectivity index (χ1v) is 7.10. The van der Waals surface area contributed by atoms with E-state index >= 15 is 0 Å². The lowest BCUT2D eigenvalue weighted by Crippen LogP contribution is -1.97. The van der Waals surface area contributed by atoms with Crippen LogP contribution in [0, 0.1) is 5.92 Å². The summed E-state index contributed by atoms with van der Waals surface area (Å²) in [5.74, 6) is 1.96. The van der Waals surface area contributed by atoms with Crippen LogP contribution in [0.4, 0.5) is 0 Å². The van der Waals surface area contributed by atoms with Crippen LogP contribution in [-0.4, -0.2) is 11.7 Å². The Balaban J connectivity index is 1.94. The largest absolute Gasteiger partial charge is 0.508 e. The van der Waals surface area contributed by atoms with E-state index in [2.05, 4.69) is 13.8 Å². The summed E-state index contributed by atoms with van der Waals surface area (Å²) in [5.41, 5.74) is 0. The molecule has 0 radical (unpaired) electrons. The van der Waals surface area contributed by atoms with Gasteiger partial charge in [-0.1, -0.05) is 46.0 Å². The maximum atomic E-state index is 9.13. The third-order valence-corrected chi connectivity index (χ3v) is 3.03.